The van der Waals surface area contributed by atoms with E-state index in [1.54, 1.807) is 9.13 Å². The third-order valence-electron chi connectivity index (χ3n) is 3.95. The third kappa shape index (κ3) is 2.43. The van der Waals surface area contributed by atoms with E-state index in [1.165, 1.54) is 7.05 Å². The Kier molecular flexibility index (Phi) is 4.70. The molecule has 0 aliphatic heterocycles. The Balaban J connectivity index is 2.88. The third-order valence-corrected chi connectivity index (χ3v) is 3.95. The topological polar surface area (TPSA) is 99.9 Å². The quantitative estimate of drug-likeness (QED) is 0.797. The molecule has 0 amide bonds. The van der Waals surface area contributed by atoms with E-state index in [9.17, 15) is 9.59 Å². The van der Waals surface area contributed by atoms with E-state index in [0.29, 0.717) is 36.7 Å². The average molecular weight is 308 g/mol. The maximum absolute atomic E-state index is 12.5. The molecule has 0 bridgehead atoms. The normalized spacial score (nSPS) is 12.8. The molecule has 0 saturated carbocycles. The Hall–Kier alpha value is -2.09. The molecule has 3 N–H and O–H groups in total. The Morgan fingerprint density at radius 3 is 2.55 bits per heavy atom. The van der Waals surface area contributed by atoms with Crippen molar-refractivity contribution in [2.24, 2.45) is 12.8 Å². The van der Waals surface area contributed by atoms with Crippen LogP contribution < -0.4 is 22.3 Å². The number of nitrogens with one attached hydrogen (secondary N) is 1. The predicted molar refractivity (Wildman–Crippen MR) is 87.5 cm³/mol. The molecule has 2 aromatic heterocycles. The SMILES string of the molecule is CCC(C)n1c(=O)n(C)c(=O)c2c1nc(NCCN)n2CC. The largest absolute Gasteiger partial charge is 0.354 e. The molecule has 0 fully saturated rings. The highest BCUT2D eigenvalue weighted by Crippen LogP contribution is 2.19. The lowest BCUT2D eigenvalue weighted by atomic mass is 10.2. The molecule has 0 spiro atoms. The molecule has 2 rings (SSSR count). The van der Waals surface area contributed by atoms with Crippen molar-refractivity contribution in [1.29, 1.82) is 0 Å². The second-order valence-electron chi connectivity index (χ2n) is 5.34. The highest BCUT2D eigenvalue weighted by Gasteiger charge is 2.21. The van der Waals surface area contributed by atoms with Crippen LogP contribution in [-0.4, -0.2) is 31.8 Å². The fraction of sp³-hybridized carbons (Fsp3) is 0.643. The Labute approximate surface area is 128 Å². The van der Waals surface area contributed by atoms with Crippen molar-refractivity contribution < 1.29 is 0 Å². The molecule has 122 valence electrons. The molecule has 22 heavy (non-hydrogen) atoms. The zero-order valence-electron chi connectivity index (χ0n) is 13.6. The summed E-state index contributed by atoms with van der Waals surface area (Å²) in [6.07, 6.45) is 0.776. The van der Waals surface area contributed by atoms with Gasteiger partial charge in [0.2, 0.25) is 5.95 Å². The van der Waals surface area contributed by atoms with E-state index in [2.05, 4.69) is 10.3 Å². The number of fused-ring (bicyclic) bond motifs is 1. The lowest BCUT2D eigenvalue weighted by Crippen LogP contribution is -2.39. The van der Waals surface area contributed by atoms with E-state index < -0.39 is 0 Å². The van der Waals surface area contributed by atoms with Crippen molar-refractivity contribution in [1.82, 2.24) is 18.7 Å². The number of aryl methyl sites for hydroxylation is 1. The summed E-state index contributed by atoms with van der Waals surface area (Å²) >= 11 is 0. The van der Waals surface area contributed by atoms with Crippen molar-refractivity contribution in [3.8, 4) is 0 Å². The molecule has 1 atom stereocenters. The Morgan fingerprint density at radius 2 is 2.00 bits per heavy atom. The molecule has 0 aliphatic carbocycles. The second-order valence-corrected chi connectivity index (χ2v) is 5.34. The second kappa shape index (κ2) is 6.35. The summed E-state index contributed by atoms with van der Waals surface area (Å²) in [5.74, 6) is 0.572. The summed E-state index contributed by atoms with van der Waals surface area (Å²) in [6.45, 7) is 7.48. The van der Waals surface area contributed by atoms with Gasteiger partial charge in [-0.3, -0.25) is 13.9 Å². The zero-order chi connectivity index (χ0) is 16.4. The Bertz CT molecular complexity index is 785. The van der Waals surface area contributed by atoms with E-state index in [0.717, 1.165) is 11.0 Å². The van der Waals surface area contributed by atoms with E-state index in [4.69, 9.17) is 5.73 Å². The molecule has 0 aromatic carbocycles. The van der Waals surface area contributed by atoms with Crippen molar-refractivity contribution in [3.05, 3.63) is 20.8 Å². The van der Waals surface area contributed by atoms with Crippen molar-refractivity contribution in [2.45, 2.75) is 39.8 Å². The van der Waals surface area contributed by atoms with Crippen LogP contribution in [0.4, 0.5) is 5.95 Å². The van der Waals surface area contributed by atoms with Crippen molar-refractivity contribution in [3.63, 3.8) is 0 Å². The lowest BCUT2D eigenvalue weighted by Gasteiger charge is -2.14. The van der Waals surface area contributed by atoms with E-state index in [1.807, 2.05) is 20.8 Å². The van der Waals surface area contributed by atoms with Gasteiger partial charge in [0.05, 0.1) is 0 Å². The maximum atomic E-state index is 12.5. The standard InChI is InChI=1S/C14H24N6O2/c1-5-9(3)20-11-10(12(21)18(4)14(20)22)19(6-2)13(17-11)16-8-7-15/h9H,5-8,15H2,1-4H3,(H,16,17). The van der Waals surface area contributed by atoms with Crippen LogP contribution >= 0.6 is 0 Å². The van der Waals surface area contributed by atoms with Crippen molar-refractivity contribution in [2.75, 3.05) is 18.4 Å². The predicted octanol–water partition coefficient (Wildman–Crippen LogP) is 0.258. The number of imidazole rings is 1. The molecule has 2 heterocycles. The van der Waals surface area contributed by atoms with Gasteiger partial charge in [-0.25, -0.2) is 4.79 Å². The molecule has 0 saturated heterocycles. The first-order valence-corrected chi connectivity index (χ1v) is 7.63. The summed E-state index contributed by atoms with van der Waals surface area (Å²) in [4.78, 5) is 29.5. The van der Waals surface area contributed by atoms with Gasteiger partial charge in [-0.05, 0) is 20.3 Å². The first kappa shape index (κ1) is 16.3. The van der Waals surface area contributed by atoms with Crippen LogP contribution in [0.1, 0.15) is 33.2 Å². The van der Waals surface area contributed by atoms with Crippen LogP contribution in [0.3, 0.4) is 0 Å². The zero-order valence-corrected chi connectivity index (χ0v) is 13.6. The summed E-state index contributed by atoms with van der Waals surface area (Å²) in [7, 11) is 1.50. The number of nitrogens with zero attached hydrogens (tertiary/aromatic N) is 4. The Morgan fingerprint density at radius 1 is 1.32 bits per heavy atom. The number of anilines is 1. The van der Waals surface area contributed by atoms with Crippen LogP contribution in [0.5, 0.6) is 0 Å². The van der Waals surface area contributed by atoms with Gasteiger partial charge in [-0.15, -0.1) is 0 Å². The molecule has 8 nitrogen and oxygen atoms in total. The van der Waals surface area contributed by atoms with Gasteiger partial charge in [0.25, 0.3) is 5.56 Å². The van der Waals surface area contributed by atoms with Crippen LogP contribution in [0, 0.1) is 0 Å². The van der Waals surface area contributed by atoms with Crippen LogP contribution in [0.25, 0.3) is 11.2 Å². The number of nitrogens with two attached hydrogens (primary N) is 1. The average Bonchev–Trinajstić information content (AvgIpc) is 2.88. The number of hydrogen-bond donors (Lipinski definition) is 2. The fourth-order valence-corrected chi connectivity index (χ4v) is 2.52. The summed E-state index contributed by atoms with van der Waals surface area (Å²) in [5, 5.41) is 3.12. The van der Waals surface area contributed by atoms with E-state index in [-0.39, 0.29) is 17.3 Å². The monoisotopic (exact) mass is 308 g/mol. The summed E-state index contributed by atoms with van der Waals surface area (Å²) in [5.41, 5.74) is 5.74. The minimum atomic E-state index is -0.335. The minimum absolute atomic E-state index is 0.0376. The van der Waals surface area contributed by atoms with Crippen LogP contribution in [-0.2, 0) is 13.6 Å². The molecular weight excluding hydrogens is 284 g/mol. The molecule has 1 unspecified atom stereocenters. The molecule has 0 aliphatic rings. The molecule has 0 radical (unpaired) electrons. The first-order chi connectivity index (χ1) is 10.5. The number of hydrogen-bond acceptors (Lipinski definition) is 5. The van der Waals surface area contributed by atoms with Gasteiger partial charge < -0.3 is 15.6 Å². The van der Waals surface area contributed by atoms with Crippen molar-refractivity contribution >= 4 is 17.1 Å². The number of aromatic nitrogens is 4. The van der Waals surface area contributed by atoms with Gasteiger partial charge in [0.1, 0.15) is 0 Å². The highest BCUT2D eigenvalue weighted by molar-refractivity contribution is 5.74. The van der Waals surface area contributed by atoms with Gasteiger partial charge in [0.15, 0.2) is 11.2 Å². The van der Waals surface area contributed by atoms with Crippen LogP contribution in [0.2, 0.25) is 0 Å². The summed E-state index contributed by atoms with van der Waals surface area (Å²) < 4.78 is 4.54. The van der Waals surface area contributed by atoms with Gasteiger partial charge in [0, 0.05) is 32.7 Å². The fourth-order valence-electron chi connectivity index (χ4n) is 2.52. The highest BCUT2D eigenvalue weighted by atomic mass is 16.2. The van der Waals surface area contributed by atoms with Gasteiger partial charge in [-0.1, -0.05) is 6.92 Å². The van der Waals surface area contributed by atoms with E-state index >= 15 is 0 Å². The van der Waals surface area contributed by atoms with Crippen LogP contribution in [0.15, 0.2) is 9.59 Å². The number of rotatable bonds is 6. The first-order valence-electron chi connectivity index (χ1n) is 7.63. The maximum Gasteiger partial charge on any atom is 0.332 e. The van der Waals surface area contributed by atoms with Gasteiger partial charge in [-0.2, -0.15) is 4.98 Å². The molecule has 8 heteroatoms. The lowest BCUT2D eigenvalue weighted by molar-refractivity contribution is 0.499. The summed E-state index contributed by atoms with van der Waals surface area (Å²) in [6, 6.07) is -0.0376. The smallest absolute Gasteiger partial charge is 0.332 e. The molecule has 2 aromatic rings. The van der Waals surface area contributed by atoms with Gasteiger partial charge >= 0.3 is 5.69 Å². The molecular formula is C14H24N6O2. The minimum Gasteiger partial charge on any atom is -0.354 e.